The SMILES string of the molecule is CCc1nc2ccc(C(=O)NCC3CCCCC3)cn2c1N(C)Cc1nccs1. The Morgan fingerprint density at radius 1 is 1.31 bits per heavy atom. The number of aryl methyl sites for hydroxylation is 1. The number of anilines is 1. The Morgan fingerprint density at radius 2 is 2.14 bits per heavy atom. The van der Waals surface area contributed by atoms with Gasteiger partial charge in [-0.05, 0) is 37.3 Å². The molecular formula is C22H29N5OS. The highest BCUT2D eigenvalue weighted by molar-refractivity contribution is 7.09. The van der Waals surface area contributed by atoms with Crippen molar-refractivity contribution in [3.8, 4) is 0 Å². The second kappa shape index (κ2) is 8.95. The lowest BCUT2D eigenvalue weighted by Gasteiger charge is -2.22. The molecule has 0 saturated heterocycles. The van der Waals surface area contributed by atoms with Gasteiger partial charge in [0.1, 0.15) is 16.5 Å². The van der Waals surface area contributed by atoms with Gasteiger partial charge in [0.25, 0.3) is 5.91 Å². The number of fused-ring (bicyclic) bond motifs is 1. The molecule has 29 heavy (non-hydrogen) atoms. The van der Waals surface area contributed by atoms with Gasteiger partial charge in [0.15, 0.2) is 0 Å². The molecule has 7 heteroatoms. The molecule has 0 atom stereocenters. The Balaban J connectivity index is 1.56. The van der Waals surface area contributed by atoms with E-state index in [1.54, 1.807) is 11.3 Å². The summed E-state index contributed by atoms with van der Waals surface area (Å²) in [7, 11) is 2.06. The van der Waals surface area contributed by atoms with E-state index in [2.05, 4.69) is 29.2 Å². The normalized spacial score (nSPS) is 15.0. The number of rotatable bonds is 7. The Hall–Kier alpha value is -2.41. The van der Waals surface area contributed by atoms with Gasteiger partial charge in [-0.15, -0.1) is 11.3 Å². The summed E-state index contributed by atoms with van der Waals surface area (Å²) in [5.74, 6) is 1.65. The fourth-order valence-electron chi connectivity index (χ4n) is 4.20. The summed E-state index contributed by atoms with van der Waals surface area (Å²) in [5.41, 5.74) is 2.58. The van der Waals surface area contributed by atoms with Gasteiger partial charge in [0.05, 0.1) is 17.8 Å². The number of hydrogen-bond donors (Lipinski definition) is 1. The molecule has 0 aliphatic heterocycles. The van der Waals surface area contributed by atoms with E-state index in [4.69, 9.17) is 4.98 Å². The van der Waals surface area contributed by atoms with E-state index in [0.29, 0.717) is 11.5 Å². The van der Waals surface area contributed by atoms with Gasteiger partial charge in [-0.3, -0.25) is 9.20 Å². The van der Waals surface area contributed by atoms with E-state index in [0.717, 1.165) is 41.7 Å². The molecule has 0 aromatic carbocycles. The fraction of sp³-hybridized carbons (Fsp3) is 0.500. The van der Waals surface area contributed by atoms with Crippen molar-refractivity contribution in [1.82, 2.24) is 19.7 Å². The summed E-state index contributed by atoms with van der Waals surface area (Å²) < 4.78 is 2.04. The molecule has 0 bridgehead atoms. The molecule has 154 valence electrons. The van der Waals surface area contributed by atoms with Crippen molar-refractivity contribution < 1.29 is 4.79 Å². The Bertz CT molecular complexity index is 959. The van der Waals surface area contributed by atoms with Crippen LogP contribution >= 0.6 is 11.3 Å². The summed E-state index contributed by atoms with van der Waals surface area (Å²) in [6, 6.07) is 3.82. The molecular weight excluding hydrogens is 382 g/mol. The maximum absolute atomic E-state index is 12.8. The quantitative estimate of drug-likeness (QED) is 0.630. The molecule has 1 N–H and O–H groups in total. The first-order valence-electron chi connectivity index (χ1n) is 10.5. The van der Waals surface area contributed by atoms with E-state index < -0.39 is 0 Å². The van der Waals surface area contributed by atoms with Crippen molar-refractivity contribution in [3.05, 3.63) is 46.2 Å². The van der Waals surface area contributed by atoms with E-state index >= 15 is 0 Å². The van der Waals surface area contributed by atoms with Gasteiger partial charge < -0.3 is 10.2 Å². The standard InChI is InChI=1S/C22H29N5OS/c1-3-18-22(26(2)15-20-23-11-12-29-20)27-14-17(9-10-19(27)25-18)21(28)24-13-16-7-5-4-6-8-16/h9-12,14,16H,3-8,13,15H2,1-2H3,(H,24,28). The van der Waals surface area contributed by atoms with Crippen LogP contribution in [0.4, 0.5) is 5.82 Å². The number of aromatic nitrogens is 3. The lowest BCUT2D eigenvalue weighted by atomic mass is 9.89. The van der Waals surface area contributed by atoms with Crippen LogP contribution in [0, 0.1) is 5.92 Å². The molecule has 0 unspecified atom stereocenters. The zero-order valence-corrected chi connectivity index (χ0v) is 18.0. The number of nitrogens with zero attached hydrogens (tertiary/aromatic N) is 4. The zero-order chi connectivity index (χ0) is 20.2. The predicted octanol–water partition coefficient (Wildman–Crippen LogP) is 4.30. The highest BCUT2D eigenvalue weighted by atomic mass is 32.1. The van der Waals surface area contributed by atoms with Crippen LogP contribution in [0.15, 0.2) is 29.9 Å². The second-order valence-corrected chi connectivity index (χ2v) is 8.86. The van der Waals surface area contributed by atoms with Crippen molar-refractivity contribution in [3.63, 3.8) is 0 Å². The number of pyridine rings is 1. The van der Waals surface area contributed by atoms with Crippen molar-refractivity contribution in [1.29, 1.82) is 0 Å². The van der Waals surface area contributed by atoms with Crippen LogP contribution in [-0.4, -0.2) is 33.9 Å². The smallest absolute Gasteiger partial charge is 0.252 e. The second-order valence-electron chi connectivity index (χ2n) is 7.88. The first-order chi connectivity index (χ1) is 14.2. The molecule has 6 nitrogen and oxygen atoms in total. The molecule has 3 heterocycles. The Morgan fingerprint density at radius 3 is 2.86 bits per heavy atom. The van der Waals surface area contributed by atoms with E-state index in [1.165, 1.54) is 32.1 Å². The van der Waals surface area contributed by atoms with Crippen LogP contribution in [0.1, 0.15) is 60.1 Å². The number of carbonyl (C=O) groups excluding carboxylic acids is 1. The third-order valence-electron chi connectivity index (χ3n) is 5.75. The van der Waals surface area contributed by atoms with E-state index in [1.807, 2.05) is 34.3 Å². The molecule has 3 aromatic heterocycles. The summed E-state index contributed by atoms with van der Waals surface area (Å²) in [5, 5.41) is 6.20. The van der Waals surface area contributed by atoms with Crippen molar-refractivity contribution >= 4 is 28.7 Å². The maximum Gasteiger partial charge on any atom is 0.252 e. The minimum absolute atomic E-state index is 0.00208. The zero-order valence-electron chi connectivity index (χ0n) is 17.2. The average molecular weight is 412 g/mol. The highest BCUT2D eigenvalue weighted by Gasteiger charge is 2.19. The number of amides is 1. The minimum atomic E-state index is -0.00208. The minimum Gasteiger partial charge on any atom is -0.352 e. The summed E-state index contributed by atoms with van der Waals surface area (Å²) >= 11 is 1.65. The van der Waals surface area contributed by atoms with E-state index in [-0.39, 0.29) is 5.91 Å². The number of imidazole rings is 1. The number of hydrogen-bond acceptors (Lipinski definition) is 5. The van der Waals surface area contributed by atoms with Gasteiger partial charge in [0.2, 0.25) is 0 Å². The van der Waals surface area contributed by atoms with E-state index in [9.17, 15) is 4.79 Å². The summed E-state index contributed by atoms with van der Waals surface area (Å²) in [6.07, 6.45) is 11.0. The average Bonchev–Trinajstić information content (AvgIpc) is 3.39. The summed E-state index contributed by atoms with van der Waals surface area (Å²) in [4.78, 5) is 24.1. The first kappa shape index (κ1) is 19.9. The lowest BCUT2D eigenvalue weighted by molar-refractivity contribution is 0.0943. The molecule has 1 aliphatic carbocycles. The monoisotopic (exact) mass is 411 g/mol. The molecule has 1 aliphatic rings. The Kier molecular flexibility index (Phi) is 6.13. The van der Waals surface area contributed by atoms with Crippen molar-refractivity contribution in [2.75, 3.05) is 18.5 Å². The number of thiazole rings is 1. The third-order valence-corrected chi connectivity index (χ3v) is 6.52. The fourth-order valence-corrected chi connectivity index (χ4v) is 4.86. The predicted molar refractivity (Wildman–Crippen MR) is 118 cm³/mol. The Labute approximate surface area is 176 Å². The third kappa shape index (κ3) is 4.45. The summed E-state index contributed by atoms with van der Waals surface area (Å²) in [6.45, 7) is 3.61. The van der Waals surface area contributed by atoms with Crippen LogP contribution in [0.2, 0.25) is 0 Å². The van der Waals surface area contributed by atoms with Crippen molar-refractivity contribution in [2.45, 2.75) is 52.0 Å². The molecule has 0 spiro atoms. The maximum atomic E-state index is 12.8. The molecule has 1 fully saturated rings. The van der Waals surface area contributed by atoms with Gasteiger partial charge in [0, 0.05) is 31.4 Å². The van der Waals surface area contributed by atoms with Crippen LogP contribution in [0.25, 0.3) is 5.65 Å². The van der Waals surface area contributed by atoms with Gasteiger partial charge >= 0.3 is 0 Å². The van der Waals surface area contributed by atoms with Gasteiger partial charge in [-0.25, -0.2) is 9.97 Å². The van der Waals surface area contributed by atoms with Gasteiger partial charge in [-0.2, -0.15) is 0 Å². The largest absolute Gasteiger partial charge is 0.352 e. The number of carbonyl (C=O) groups is 1. The highest BCUT2D eigenvalue weighted by Crippen LogP contribution is 2.25. The van der Waals surface area contributed by atoms with Crippen molar-refractivity contribution in [2.24, 2.45) is 5.92 Å². The molecule has 0 radical (unpaired) electrons. The molecule has 4 rings (SSSR count). The topological polar surface area (TPSA) is 62.5 Å². The van der Waals surface area contributed by atoms with Crippen LogP contribution < -0.4 is 10.2 Å². The molecule has 1 amide bonds. The first-order valence-corrected chi connectivity index (χ1v) is 11.4. The molecule has 1 saturated carbocycles. The van der Waals surface area contributed by atoms with Crippen LogP contribution in [0.5, 0.6) is 0 Å². The number of nitrogens with one attached hydrogen (secondary N) is 1. The van der Waals surface area contributed by atoms with Crippen LogP contribution in [0.3, 0.4) is 0 Å². The molecule has 3 aromatic rings. The lowest BCUT2D eigenvalue weighted by Crippen LogP contribution is -2.30. The van der Waals surface area contributed by atoms with Gasteiger partial charge in [-0.1, -0.05) is 26.2 Å². The van der Waals surface area contributed by atoms with Crippen LogP contribution in [-0.2, 0) is 13.0 Å².